The Hall–Kier alpha value is -0.350. The SMILES string of the molecule is CC[C@H](C)NC(=S)N1CCN(CC)CC1. The highest BCUT2D eigenvalue weighted by Gasteiger charge is 2.17. The van der Waals surface area contributed by atoms with Gasteiger partial charge in [0.25, 0.3) is 0 Å². The molecule has 88 valence electrons. The third-order valence-corrected chi connectivity index (χ3v) is 3.47. The molecule has 1 rings (SSSR count). The number of nitrogens with one attached hydrogen (secondary N) is 1. The summed E-state index contributed by atoms with van der Waals surface area (Å²) >= 11 is 5.39. The Balaban J connectivity index is 2.30. The maximum atomic E-state index is 5.39. The molecule has 0 amide bonds. The van der Waals surface area contributed by atoms with Crippen LogP contribution in [-0.2, 0) is 0 Å². The molecule has 0 aromatic rings. The van der Waals surface area contributed by atoms with Crippen LogP contribution in [0.1, 0.15) is 27.2 Å². The van der Waals surface area contributed by atoms with E-state index in [9.17, 15) is 0 Å². The molecule has 1 N–H and O–H groups in total. The van der Waals surface area contributed by atoms with Crippen molar-refractivity contribution in [2.24, 2.45) is 0 Å². The molecule has 1 atom stereocenters. The van der Waals surface area contributed by atoms with Crippen LogP contribution in [0, 0.1) is 0 Å². The van der Waals surface area contributed by atoms with Crippen molar-refractivity contribution in [3.8, 4) is 0 Å². The van der Waals surface area contributed by atoms with Gasteiger partial charge in [-0.1, -0.05) is 13.8 Å². The van der Waals surface area contributed by atoms with Crippen molar-refractivity contribution in [1.29, 1.82) is 0 Å². The van der Waals surface area contributed by atoms with E-state index >= 15 is 0 Å². The summed E-state index contributed by atoms with van der Waals surface area (Å²) in [7, 11) is 0. The van der Waals surface area contributed by atoms with Crippen molar-refractivity contribution in [1.82, 2.24) is 15.1 Å². The summed E-state index contributed by atoms with van der Waals surface area (Å²) in [5, 5.41) is 4.30. The van der Waals surface area contributed by atoms with Crippen LogP contribution in [0.25, 0.3) is 0 Å². The van der Waals surface area contributed by atoms with E-state index in [-0.39, 0.29) is 0 Å². The molecule has 1 aliphatic heterocycles. The number of likely N-dealkylation sites (N-methyl/N-ethyl adjacent to an activating group) is 1. The summed E-state index contributed by atoms with van der Waals surface area (Å²) in [5.74, 6) is 0. The van der Waals surface area contributed by atoms with Gasteiger partial charge in [0.15, 0.2) is 5.11 Å². The largest absolute Gasteiger partial charge is 0.360 e. The van der Waals surface area contributed by atoms with Gasteiger partial charge in [-0.05, 0) is 32.1 Å². The van der Waals surface area contributed by atoms with Crippen LogP contribution >= 0.6 is 12.2 Å². The van der Waals surface area contributed by atoms with Crippen LogP contribution in [0.15, 0.2) is 0 Å². The van der Waals surface area contributed by atoms with E-state index in [1.54, 1.807) is 0 Å². The molecular weight excluding hydrogens is 206 g/mol. The average Bonchev–Trinajstić information content (AvgIpc) is 2.29. The van der Waals surface area contributed by atoms with Crippen LogP contribution in [0.2, 0.25) is 0 Å². The number of rotatable bonds is 3. The second-order valence-electron chi connectivity index (χ2n) is 4.18. The summed E-state index contributed by atoms with van der Waals surface area (Å²) in [6.07, 6.45) is 1.12. The van der Waals surface area contributed by atoms with Gasteiger partial charge in [0.05, 0.1) is 0 Å². The van der Waals surface area contributed by atoms with Crippen molar-refractivity contribution in [3.63, 3.8) is 0 Å². The normalized spacial score (nSPS) is 20.1. The van der Waals surface area contributed by atoms with Crippen LogP contribution < -0.4 is 5.32 Å². The van der Waals surface area contributed by atoms with Crippen molar-refractivity contribution < 1.29 is 0 Å². The fraction of sp³-hybridized carbons (Fsp3) is 0.909. The first kappa shape index (κ1) is 12.7. The van der Waals surface area contributed by atoms with E-state index in [0.29, 0.717) is 6.04 Å². The number of hydrogen-bond acceptors (Lipinski definition) is 2. The summed E-state index contributed by atoms with van der Waals surface area (Å²) in [6.45, 7) is 12.1. The highest BCUT2D eigenvalue weighted by molar-refractivity contribution is 7.80. The fourth-order valence-corrected chi connectivity index (χ4v) is 2.06. The molecule has 0 aliphatic carbocycles. The van der Waals surface area contributed by atoms with Gasteiger partial charge in [0.2, 0.25) is 0 Å². The average molecular weight is 229 g/mol. The molecule has 0 unspecified atom stereocenters. The van der Waals surface area contributed by atoms with Gasteiger partial charge in [-0.15, -0.1) is 0 Å². The minimum atomic E-state index is 0.488. The van der Waals surface area contributed by atoms with Gasteiger partial charge < -0.3 is 15.1 Å². The van der Waals surface area contributed by atoms with Gasteiger partial charge in [-0.3, -0.25) is 0 Å². The topological polar surface area (TPSA) is 18.5 Å². The van der Waals surface area contributed by atoms with Gasteiger partial charge in [-0.25, -0.2) is 0 Å². The van der Waals surface area contributed by atoms with Crippen LogP contribution in [0.3, 0.4) is 0 Å². The molecule has 0 aromatic carbocycles. The van der Waals surface area contributed by atoms with Crippen molar-refractivity contribution in [2.45, 2.75) is 33.2 Å². The molecule has 0 radical (unpaired) electrons. The van der Waals surface area contributed by atoms with Crippen LogP contribution in [0.5, 0.6) is 0 Å². The highest BCUT2D eigenvalue weighted by atomic mass is 32.1. The highest BCUT2D eigenvalue weighted by Crippen LogP contribution is 2.02. The van der Waals surface area contributed by atoms with Crippen LogP contribution in [-0.4, -0.2) is 53.7 Å². The molecule has 0 spiro atoms. The summed E-state index contributed by atoms with van der Waals surface area (Å²) in [6, 6.07) is 0.488. The van der Waals surface area contributed by atoms with Crippen molar-refractivity contribution >= 4 is 17.3 Å². The number of hydrogen-bond donors (Lipinski definition) is 1. The Kier molecular flexibility index (Phi) is 5.32. The lowest BCUT2D eigenvalue weighted by molar-refractivity contribution is 0.188. The Morgan fingerprint density at radius 2 is 1.87 bits per heavy atom. The maximum absolute atomic E-state index is 5.39. The summed E-state index contributed by atoms with van der Waals surface area (Å²) < 4.78 is 0. The first-order chi connectivity index (χ1) is 7.17. The molecule has 1 heterocycles. The minimum absolute atomic E-state index is 0.488. The molecule has 1 fully saturated rings. The fourth-order valence-electron chi connectivity index (χ4n) is 1.67. The molecule has 15 heavy (non-hydrogen) atoms. The first-order valence-corrected chi connectivity index (χ1v) is 6.36. The lowest BCUT2D eigenvalue weighted by Crippen LogP contribution is -2.52. The summed E-state index contributed by atoms with van der Waals surface area (Å²) in [4.78, 5) is 4.75. The monoisotopic (exact) mass is 229 g/mol. The maximum Gasteiger partial charge on any atom is 0.169 e. The predicted molar refractivity (Wildman–Crippen MR) is 69.2 cm³/mol. The number of nitrogens with zero attached hydrogens (tertiary/aromatic N) is 2. The van der Waals surface area contributed by atoms with E-state index < -0.39 is 0 Å². The molecular formula is C11H23N3S. The Labute approximate surface area is 98.8 Å². The Morgan fingerprint density at radius 1 is 1.27 bits per heavy atom. The zero-order valence-electron chi connectivity index (χ0n) is 10.1. The van der Waals surface area contributed by atoms with Crippen LogP contribution in [0.4, 0.5) is 0 Å². The van der Waals surface area contributed by atoms with E-state index in [1.165, 1.54) is 0 Å². The summed E-state index contributed by atoms with van der Waals surface area (Å²) in [5.41, 5.74) is 0. The minimum Gasteiger partial charge on any atom is -0.360 e. The van der Waals surface area contributed by atoms with E-state index in [0.717, 1.165) is 44.3 Å². The second kappa shape index (κ2) is 6.28. The smallest absolute Gasteiger partial charge is 0.169 e. The quantitative estimate of drug-likeness (QED) is 0.735. The molecule has 4 heteroatoms. The van der Waals surface area contributed by atoms with Gasteiger partial charge in [0, 0.05) is 32.2 Å². The second-order valence-corrected chi connectivity index (χ2v) is 4.57. The lowest BCUT2D eigenvalue weighted by atomic mass is 10.2. The molecule has 0 aromatic heterocycles. The predicted octanol–water partition coefficient (Wildman–Crippen LogP) is 1.30. The van der Waals surface area contributed by atoms with Gasteiger partial charge >= 0.3 is 0 Å². The molecule has 0 saturated carbocycles. The van der Waals surface area contributed by atoms with Crippen molar-refractivity contribution in [2.75, 3.05) is 32.7 Å². The van der Waals surface area contributed by atoms with E-state index in [2.05, 4.69) is 35.9 Å². The van der Waals surface area contributed by atoms with Gasteiger partial charge in [0.1, 0.15) is 0 Å². The first-order valence-electron chi connectivity index (χ1n) is 5.95. The zero-order chi connectivity index (χ0) is 11.3. The molecule has 0 bridgehead atoms. The molecule has 3 nitrogen and oxygen atoms in total. The van der Waals surface area contributed by atoms with Gasteiger partial charge in [-0.2, -0.15) is 0 Å². The van der Waals surface area contributed by atoms with E-state index in [1.807, 2.05) is 0 Å². The zero-order valence-corrected chi connectivity index (χ0v) is 10.9. The molecule has 1 saturated heterocycles. The number of thiocarbonyl (C=S) groups is 1. The third kappa shape index (κ3) is 3.95. The Bertz CT molecular complexity index is 200. The van der Waals surface area contributed by atoms with Crippen molar-refractivity contribution in [3.05, 3.63) is 0 Å². The Morgan fingerprint density at radius 3 is 2.33 bits per heavy atom. The third-order valence-electron chi connectivity index (χ3n) is 3.09. The van der Waals surface area contributed by atoms with E-state index in [4.69, 9.17) is 12.2 Å². The number of piperazine rings is 1. The molecule has 1 aliphatic rings. The lowest BCUT2D eigenvalue weighted by Gasteiger charge is -2.36. The standard InChI is InChI=1S/C11H23N3S/c1-4-10(3)12-11(15)14-8-6-13(5-2)7-9-14/h10H,4-9H2,1-3H3,(H,12,15)/t10-/m0/s1.